The van der Waals surface area contributed by atoms with Crippen molar-refractivity contribution in [2.45, 2.75) is 32.7 Å². The minimum absolute atomic E-state index is 0. The van der Waals surface area contributed by atoms with Crippen LogP contribution in [0.3, 0.4) is 0 Å². The molecule has 10 nitrogen and oxygen atoms in total. The highest BCUT2D eigenvalue weighted by molar-refractivity contribution is 5.85. The number of halogens is 2. The molecule has 236 valence electrons. The van der Waals surface area contributed by atoms with E-state index in [0.29, 0.717) is 45.8 Å². The van der Waals surface area contributed by atoms with Gasteiger partial charge < -0.3 is 30.5 Å². The lowest BCUT2D eigenvalue weighted by Gasteiger charge is -2.37. The highest BCUT2D eigenvalue weighted by Gasteiger charge is 2.31. The van der Waals surface area contributed by atoms with E-state index >= 15 is 0 Å². The number of piperidine rings is 1. The Labute approximate surface area is 266 Å². The first kappa shape index (κ1) is 35.9. The van der Waals surface area contributed by atoms with Crippen molar-refractivity contribution < 1.29 is 19.1 Å². The van der Waals surface area contributed by atoms with Crippen molar-refractivity contribution in [2.75, 3.05) is 57.8 Å². The second-order valence-electron chi connectivity index (χ2n) is 10.7. The van der Waals surface area contributed by atoms with Gasteiger partial charge in [0.1, 0.15) is 12.4 Å². The van der Waals surface area contributed by atoms with Gasteiger partial charge in [0.25, 0.3) is 0 Å². The van der Waals surface area contributed by atoms with E-state index in [9.17, 15) is 14.4 Å². The molecule has 0 unspecified atom stereocenters. The minimum Gasteiger partial charge on any atom is -0.489 e. The van der Waals surface area contributed by atoms with Crippen molar-refractivity contribution in [3.05, 3.63) is 66.0 Å². The average Bonchev–Trinajstić information content (AvgIpc) is 2.98. The summed E-state index contributed by atoms with van der Waals surface area (Å²) in [5.41, 5.74) is 3.13. The van der Waals surface area contributed by atoms with Gasteiger partial charge in [-0.25, -0.2) is 0 Å². The van der Waals surface area contributed by atoms with E-state index in [1.165, 1.54) is 6.92 Å². The van der Waals surface area contributed by atoms with Gasteiger partial charge in [0, 0.05) is 89.2 Å². The molecule has 3 heterocycles. The number of aromatic nitrogens is 1. The fraction of sp³-hybridized carbons (Fsp3) is 0.484. The highest BCUT2D eigenvalue weighted by atomic mass is 35.5. The molecule has 12 heteroatoms. The summed E-state index contributed by atoms with van der Waals surface area (Å²) >= 11 is 0. The number of hydrogen-bond acceptors (Lipinski definition) is 7. The van der Waals surface area contributed by atoms with Crippen molar-refractivity contribution in [1.82, 2.24) is 25.8 Å². The van der Waals surface area contributed by atoms with Crippen molar-refractivity contribution in [1.29, 1.82) is 0 Å². The van der Waals surface area contributed by atoms with E-state index in [2.05, 4.69) is 51.1 Å². The Morgan fingerprint density at radius 2 is 1.95 bits per heavy atom. The lowest BCUT2D eigenvalue weighted by Crippen LogP contribution is -2.47. The van der Waals surface area contributed by atoms with Crippen LogP contribution in [0.4, 0.5) is 5.69 Å². The van der Waals surface area contributed by atoms with E-state index in [-0.39, 0.29) is 60.9 Å². The number of fused-ring (bicyclic) bond motifs is 3. The SMILES string of the molecule is CC(=O)NCCNC(=O)C[C@@H]1CCN2C[C@@H]1C=CCOc1ccc(N(C)CCc3ccccn3)cc1CNCC2=O.Cl.Cl. The molecule has 2 aliphatic heterocycles. The van der Waals surface area contributed by atoms with Crippen LogP contribution in [-0.2, 0) is 27.3 Å². The molecule has 0 radical (unpaired) electrons. The zero-order chi connectivity index (χ0) is 29.0. The van der Waals surface area contributed by atoms with Crippen molar-refractivity contribution >= 4 is 48.2 Å². The van der Waals surface area contributed by atoms with Gasteiger partial charge >= 0.3 is 0 Å². The lowest BCUT2D eigenvalue weighted by atomic mass is 9.82. The summed E-state index contributed by atoms with van der Waals surface area (Å²) in [6.07, 6.45) is 7.91. The fourth-order valence-electron chi connectivity index (χ4n) is 5.30. The number of carbonyl (C=O) groups is 3. The molecule has 0 saturated carbocycles. The molecule has 0 spiro atoms. The fourth-order valence-corrected chi connectivity index (χ4v) is 5.30. The predicted molar refractivity (Wildman–Crippen MR) is 173 cm³/mol. The number of amides is 3. The molecular weight excluding hydrogens is 591 g/mol. The monoisotopic (exact) mass is 634 g/mol. The van der Waals surface area contributed by atoms with Crippen LogP contribution >= 0.6 is 24.8 Å². The summed E-state index contributed by atoms with van der Waals surface area (Å²) in [5.74, 6) is 0.887. The second kappa shape index (κ2) is 18.4. The summed E-state index contributed by atoms with van der Waals surface area (Å²) in [5, 5.41) is 8.89. The van der Waals surface area contributed by atoms with Gasteiger partial charge in [-0.1, -0.05) is 18.2 Å². The first-order valence-corrected chi connectivity index (χ1v) is 14.4. The number of rotatable bonds is 9. The normalized spacial score (nSPS) is 18.2. The van der Waals surface area contributed by atoms with Crippen molar-refractivity contribution in [3.8, 4) is 5.75 Å². The van der Waals surface area contributed by atoms with E-state index in [4.69, 9.17) is 4.74 Å². The Kier molecular flexibility index (Phi) is 15.3. The number of hydrogen-bond donors (Lipinski definition) is 3. The number of benzene rings is 1. The Morgan fingerprint density at radius 1 is 1.14 bits per heavy atom. The van der Waals surface area contributed by atoms with Gasteiger partial charge in [-0.3, -0.25) is 19.4 Å². The number of carbonyl (C=O) groups excluding carboxylic acids is 3. The van der Waals surface area contributed by atoms with Crippen LogP contribution in [0.15, 0.2) is 54.7 Å². The Balaban J connectivity index is 0.00000323. The molecule has 1 saturated heterocycles. The molecule has 1 fully saturated rings. The summed E-state index contributed by atoms with van der Waals surface area (Å²) in [4.78, 5) is 45.2. The first-order chi connectivity index (χ1) is 19.9. The molecule has 3 N–H and O–H groups in total. The van der Waals surface area contributed by atoms with Crippen LogP contribution in [0.5, 0.6) is 5.75 Å². The third-order valence-corrected chi connectivity index (χ3v) is 7.65. The molecular formula is C31H44Cl2N6O4. The summed E-state index contributed by atoms with van der Waals surface area (Å²) in [7, 11) is 2.07. The molecule has 1 aromatic heterocycles. The van der Waals surface area contributed by atoms with E-state index < -0.39 is 0 Å². The number of nitrogens with zero attached hydrogens (tertiary/aromatic N) is 3. The number of pyridine rings is 1. The van der Waals surface area contributed by atoms with Crippen LogP contribution < -0.4 is 25.6 Å². The van der Waals surface area contributed by atoms with E-state index in [0.717, 1.165) is 42.1 Å². The van der Waals surface area contributed by atoms with Crippen LogP contribution in [0.25, 0.3) is 0 Å². The summed E-state index contributed by atoms with van der Waals surface area (Å²) in [6.45, 7) is 5.47. The summed E-state index contributed by atoms with van der Waals surface area (Å²) < 4.78 is 6.16. The number of likely N-dealkylation sites (N-methyl/N-ethyl adjacent to an activating group) is 1. The predicted octanol–water partition coefficient (Wildman–Crippen LogP) is 2.75. The number of ether oxygens (including phenoxy) is 1. The molecule has 2 atom stereocenters. The van der Waals surface area contributed by atoms with Gasteiger partial charge in [0.2, 0.25) is 17.7 Å². The molecule has 4 rings (SSSR count). The maximum Gasteiger partial charge on any atom is 0.236 e. The largest absolute Gasteiger partial charge is 0.489 e. The molecule has 0 aliphatic carbocycles. The van der Waals surface area contributed by atoms with E-state index in [1.807, 2.05) is 41.4 Å². The lowest BCUT2D eigenvalue weighted by molar-refractivity contribution is -0.132. The van der Waals surface area contributed by atoms with Gasteiger partial charge in [-0.2, -0.15) is 0 Å². The minimum atomic E-state index is -0.117. The van der Waals surface area contributed by atoms with Gasteiger partial charge in [0.05, 0.1) is 6.54 Å². The quantitative estimate of drug-likeness (QED) is 0.287. The first-order valence-electron chi connectivity index (χ1n) is 14.4. The topological polar surface area (TPSA) is 116 Å². The van der Waals surface area contributed by atoms with Gasteiger partial charge in [-0.15, -0.1) is 24.8 Å². The molecule has 3 amide bonds. The van der Waals surface area contributed by atoms with Crippen LogP contribution in [-0.4, -0.2) is 80.5 Å². The van der Waals surface area contributed by atoms with Gasteiger partial charge in [0.15, 0.2) is 0 Å². The highest BCUT2D eigenvalue weighted by Crippen LogP contribution is 2.29. The molecule has 1 aromatic carbocycles. The second-order valence-corrected chi connectivity index (χ2v) is 10.7. The molecule has 2 aliphatic rings. The van der Waals surface area contributed by atoms with Crippen LogP contribution in [0.1, 0.15) is 31.0 Å². The maximum atomic E-state index is 13.1. The maximum absolute atomic E-state index is 13.1. The van der Waals surface area contributed by atoms with Crippen molar-refractivity contribution in [3.63, 3.8) is 0 Å². The van der Waals surface area contributed by atoms with Crippen LogP contribution in [0, 0.1) is 11.8 Å². The zero-order valence-corrected chi connectivity index (χ0v) is 26.6. The smallest absolute Gasteiger partial charge is 0.236 e. The third-order valence-electron chi connectivity index (χ3n) is 7.65. The average molecular weight is 636 g/mol. The van der Waals surface area contributed by atoms with Gasteiger partial charge in [-0.05, 0) is 48.6 Å². The van der Waals surface area contributed by atoms with Crippen LogP contribution in [0.2, 0.25) is 0 Å². The standard InChI is InChI=1S/C31H42N6O4.2ClH/c1-23(38)33-13-14-35-30(39)19-24-10-16-37-22-25(24)6-5-17-41-29-9-8-28(18-26(29)20-32-21-31(37)40)36(2)15-11-27-7-3-4-12-34-27;;/h3-9,12,18,24-25,32H,10-11,13-17,19-22H2,1-2H3,(H,33,38)(H,35,39);2*1H/t24-,25-;;/m0../s1. The van der Waals surface area contributed by atoms with E-state index in [1.54, 1.807) is 0 Å². The Bertz CT molecular complexity index is 1220. The molecule has 2 bridgehead atoms. The number of nitrogens with one attached hydrogen (secondary N) is 3. The Hall–Kier alpha value is -3.34. The zero-order valence-electron chi connectivity index (χ0n) is 24.9. The Morgan fingerprint density at radius 3 is 2.72 bits per heavy atom. The van der Waals surface area contributed by atoms with Crippen molar-refractivity contribution in [2.24, 2.45) is 11.8 Å². The third kappa shape index (κ3) is 11.3. The molecule has 43 heavy (non-hydrogen) atoms. The summed E-state index contributed by atoms with van der Waals surface area (Å²) in [6, 6.07) is 12.1. The number of anilines is 1. The molecule has 2 aromatic rings.